The van der Waals surface area contributed by atoms with E-state index in [4.69, 9.17) is 23.3 Å². The van der Waals surface area contributed by atoms with Gasteiger partial charge in [0.15, 0.2) is 0 Å². The first-order chi connectivity index (χ1) is 11.7. The zero-order valence-electron chi connectivity index (χ0n) is 15.0. The molecule has 2 unspecified atom stereocenters. The Morgan fingerprint density at radius 3 is 2.16 bits per heavy atom. The molecule has 25 heavy (non-hydrogen) atoms. The molecule has 0 aromatic rings. The summed E-state index contributed by atoms with van der Waals surface area (Å²) in [6.45, 7) is 6.33. The summed E-state index contributed by atoms with van der Waals surface area (Å²) in [7, 11) is -7.64. The SMILES string of the molecule is CCOCCP(=O)(O)OC[C@H]1O[C@@H](C)C[C@H]1OP(=O)(O)CCOCC. The summed E-state index contributed by atoms with van der Waals surface area (Å²) in [5.74, 6) is 0. The van der Waals surface area contributed by atoms with Crippen molar-refractivity contribution in [2.45, 2.75) is 45.5 Å². The van der Waals surface area contributed by atoms with Crippen molar-refractivity contribution >= 4 is 15.2 Å². The zero-order chi connectivity index (χ0) is 18.9. The molecular formula is C14H30O9P2. The van der Waals surface area contributed by atoms with Gasteiger partial charge in [-0.1, -0.05) is 0 Å². The first-order valence-electron chi connectivity index (χ1n) is 8.46. The molecule has 1 aliphatic rings. The molecule has 1 heterocycles. The topological polar surface area (TPSA) is 121 Å². The van der Waals surface area contributed by atoms with Crippen molar-refractivity contribution < 1.29 is 42.2 Å². The highest BCUT2D eigenvalue weighted by Crippen LogP contribution is 2.47. The molecule has 150 valence electrons. The lowest BCUT2D eigenvalue weighted by Gasteiger charge is -2.23. The fraction of sp³-hybridized carbons (Fsp3) is 1.00. The van der Waals surface area contributed by atoms with Crippen LogP contribution < -0.4 is 0 Å². The molecule has 11 heteroatoms. The molecule has 0 bridgehead atoms. The number of hydrogen-bond donors (Lipinski definition) is 2. The maximum atomic E-state index is 12.1. The Hall–Kier alpha value is 0.180. The second-order valence-electron chi connectivity index (χ2n) is 5.78. The van der Waals surface area contributed by atoms with Crippen molar-refractivity contribution in [2.75, 3.05) is 45.4 Å². The fourth-order valence-corrected chi connectivity index (χ4v) is 4.32. The van der Waals surface area contributed by atoms with Crippen LogP contribution in [0, 0.1) is 0 Å². The average molecular weight is 404 g/mol. The van der Waals surface area contributed by atoms with Crippen LogP contribution in [0.25, 0.3) is 0 Å². The van der Waals surface area contributed by atoms with E-state index in [1.54, 1.807) is 20.8 Å². The fourth-order valence-electron chi connectivity index (χ4n) is 2.35. The van der Waals surface area contributed by atoms with E-state index < -0.39 is 27.4 Å². The van der Waals surface area contributed by atoms with Gasteiger partial charge in [0.25, 0.3) is 0 Å². The van der Waals surface area contributed by atoms with E-state index in [1.807, 2.05) is 0 Å². The molecule has 5 atom stereocenters. The van der Waals surface area contributed by atoms with Gasteiger partial charge in [-0.15, -0.1) is 0 Å². The Morgan fingerprint density at radius 1 is 1.04 bits per heavy atom. The molecule has 0 amide bonds. The normalized spacial score (nSPS) is 28.6. The van der Waals surface area contributed by atoms with E-state index in [1.165, 1.54) is 0 Å². The third-order valence-corrected chi connectivity index (χ3v) is 6.22. The van der Waals surface area contributed by atoms with Crippen LogP contribution in [0.15, 0.2) is 0 Å². The number of rotatable bonds is 13. The maximum absolute atomic E-state index is 12.1. The predicted molar refractivity (Wildman–Crippen MR) is 92.1 cm³/mol. The molecule has 0 saturated carbocycles. The van der Waals surface area contributed by atoms with Crippen molar-refractivity contribution in [2.24, 2.45) is 0 Å². The second kappa shape index (κ2) is 11.1. The summed E-state index contributed by atoms with van der Waals surface area (Å²) >= 11 is 0. The van der Waals surface area contributed by atoms with Gasteiger partial charge in [0.1, 0.15) is 6.10 Å². The van der Waals surface area contributed by atoms with Gasteiger partial charge < -0.3 is 33.0 Å². The first-order valence-corrected chi connectivity index (χ1v) is 12.0. The quantitative estimate of drug-likeness (QED) is 0.351. The Labute approximate surface area is 149 Å². The molecule has 0 aromatic carbocycles. The molecule has 0 aliphatic carbocycles. The van der Waals surface area contributed by atoms with Crippen molar-refractivity contribution in [3.63, 3.8) is 0 Å². The minimum atomic E-state index is -3.83. The van der Waals surface area contributed by atoms with Gasteiger partial charge in [-0.3, -0.25) is 9.13 Å². The summed E-state index contributed by atoms with van der Waals surface area (Å²) in [5.41, 5.74) is 0. The molecule has 1 fully saturated rings. The molecule has 2 N–H and O–H groups in total. The summed E-state index contributed by atoms with van der Waals surface area (Å²) in [4.78, 5) is 19.7. The van der Waals surface area contributed by atoms with Crippen LogP contribution in [-0.4, -0.2) is 73.5 Å². The number of ether oxygens (including phenoxy) is 3. The minimum absolute atomic E-state index is 0.119. The molecule has 0 radical (unpaired) electrons. The Balaban J connectivity index is 2.51. The van der Waals surface area contributed by atoms with E-state index >= 15 is 0 Å². The first kappa shape index (κ1) is 23.2. The average Bonchev–Trinajstić information content (AvgIpc) is 2.84. The molecule has 1 saturated heterocycles. The lowest BCUT2D eigenvalue weighted by atomic mass is 10.1. The van der Waals surface area contributed by atoms with Gasteiger partial charge in [0.05, 0.1) is 44.4 Å². The van der Waals surface area contributed by atoms with Gasteiger partial charge in [-0.2, -0.15) is 0 Å². The third kappa shape index (κ3) is 9.61. The summed E-state index contributed by atoms with van der Waals surface area (Å²) < 4.78 is 50.1. The Morgan fingerprint density at radius 2 is 1.60 bits per heavy atom. The smallest absolute Gasteiger partial charge is 0.330 e. The van der Waals surface area contributed by atoms with E-state index in [0.717, 1.165) is 0 Å². The monoisotopic (exact) mass is 404 g/mol. The van der Waals surface area contributed by atoms with Gasteiger partial charge in [0, 0.05) is 19.6 Å². The van der Waals surface area contributed by atoms with Crippen molar-refractivity contribution in [3.05, 3.63) is 0 Å². The maximum Gasteiger partial charge on any atom is 0.330 e. The van der Waals surface area contributed by atoms with Crippen molar-refractivity contribution in [3.8, 4) is 0 Å². The molecule has 1 rings (SSSR count). The largest absolute Gasteiger partial charge is 0.381 e. The van der Waals surface area contributed by atoms with Gasteiger partial charge in [-0.25, -0.2) is 0 Å². The van der Waals surface area contributed by atoms with Gasteiger partial charge in [-0.05, 0) is 20.8 Å². The van der Waals surface area contributed by atoms with E-state index in [0.29, 0.717) is 19.6 Å². The zero-order valence-corrected chi connectivity index (χ0v) is 16.8. The van der Waals surface area contributed by atoms with Crippen LogP contribution in [-0.2, 0) is 32.4 Å². The van der Waals surface area contributed by atoms with E-state index in [9.17, 15) is 18.9 Å². The second-order valence-corrected chi connectivity index (χ2v) is 9.69. The Bertz CT molecular complexity index is 473. The van der Waals surface area contributed by atoms with Gasteiger partial charge in [0.2, 0.25) is 0 Å². The molecule has 0 spiro atoms. The molecule has 0 aromatic heterocycles. The summed E-state index contributed by atoms with van der Waals surface area (Å²) in [6.07, 6.45) is -1.41. The molecule has 1 aliphatic heterocycles. The predicted octanol–water partition coefficient (Wildman–Crippen LogP) is 2.01. The highest BCUT2D eigenvalue weighted by molar-refractivity contribution is 7.53. The summed E-state index contributed by atoms with van der Waals surface area (Å²) in [6, 6.07) is 0. The third-order valence-electron chi connectivity index (χ3n) is 3.57. The lowest BCUT2D eigenvalue weighted by Crippen LogP contribution is -2.29. The van der Waals surface area contributed by atoms with E-state index in [2.05, 4.69) is 0 Å². The van der Waals surface area contributed by atoms with Crippen LogP contribution >= 0.6 is 15.2 Å². The number of hydrogen-bond acceptors (Lipinski definition) is 7. The highest BCUT2D eigenvalue weighted by Gasteiger charge is 2.39. The standard InChI is InChI=1S/C14H30O9P2/c1-4-19-6-8-24(15,16)21-11-14-13(10-12(3)22-14)23-25(17,18)9-7-20-5-2/h12-14H,4-11H2,1-3H3,(H,15,16)(H,17,18)/t12-,13+,14+/m0/s1. The molecule has 9 nitrogen and oxygen atoms in total. The van der Waals surface area contributed by atoms with Crippen molar-refractivity contribution in [1.29, 1.82) is 0 Å². The lowest BCUT2D eigenvalue weighted by molar-refractivity contribution is -0.00923. The Kier molecular flexibility index (Phi) is 10.3. The molecular weight excluding hydrogens is 374 g/mol. The van der Waals surface area contributed by atoms with Crippen molar-refractivity contribution in [1.82, 2.24) is 0 Å². The summed E-state index contributed by atoms with van der Waals surface area (Å²) in [5, 5.41) is 0. The van der Waals surface area contributed by atoms with Crippen LogP contribution in [0.1, 0.15) is 27.2 Å². The van der Waals surface area contributed by atoms with Gasteiger partial charge >= 0.3 is 15.2 Å². The van der Waals surface area contributed by atoms with E-state index in [-0.39, 0.29) is 38.2 Å². The van der Waals surface area contributed by atoms with Crippen LogP contribution in [0.3, 0.4) is 0 Å². The minimum Gasteiger partial charge on any atom is -0.381 e. The van der Waals surface area contributed by atoms with Crippen LogP contribution in [0.2, 0.25) is 0 Å². The van der Waals surface area contributed by atoms with Crippen LogP contribution in [0.5, 0.6) is 0 Å². The van der Waals surface area contributed by atoms with Crippen LogP contribution in [0.4, 0.5) is 0 Å². The highest BCUT2D eigenvalue weighted by atomic mass is 31.2.